The highest BCUT2D eigenvalue weighted by molar-refractivity contribution is 6.06. The van der Waals surface area contributed by atoms with Gasteiger partial charge in [0.25, 0.3) is 5.91 Å². The molecule has 0 radical (unpaired) electrons. The van der Waals surface area contributed by atoms with Crippen LogP contribution in [0, 0.1) is 0 Å². The summed E-state index contributed by atoms with van der Waals surface area (Å²) in [4.78, 5) is 12.6. The van der Waals surface area contributed by atoms with Gasteiger partial charge in [-0.15, -0.1) is 12.4 Å². The Hall–Kier alpha value is -2.00. The van der Waals surface area contributed by atoms with E-state index in [1.807, 2.05) is 36.4 Å². The molecule has 4 heteroatoms. The van der Waals surface area contributed by atoms with E-state index < -0.39 is 0 Å². The first-order chi connectivity index (χ1) is 10.3. The molecule has 0 aromatic heterocycles. The highest BCUT2D eigenvalue weighted by Gasteiger charge is 2.17. The lowest BCUT2D eigenvalue weighted by atomic mass is 9.97. The molecule has 0 unspecified atom stereocenters. The second-order valence-electron chi connectivity index (χ2n) is 5.33. The quantitative estimate of drug-likeness (QED) is 0.887. The number of halogens is 1. The number of carbonyl (C=O) groups is 1. The maximum absolute atomic E-state index is 12.6. The van der Waals surface area contributed by atoms with Gasteiger partial charge in [0.2, 0.25) is 0 Å². The third-order valence-electron chi connectivity index (χ3n) is 3.99. The predicted molar refractivity (Wildman–Crippen MR) is 94.3 cm³/mol. The molecule has 0 saturated carbocycles. The van der Waals surface area contributed by atoms with Crippen molar-refractivity contribution >= 4 is 29.7 Å². The number of para-hydroxylation sites is 1. The summed E-state index contributed by atoms with van der Waals surface area (Å²) in [7, 11) is 0. The number of nitrogens with one attached hydrogen (secondary N) is 2. The van der Waals surface area contributed by atoms with Gasteiger partial charge in [-0.05, 0) is 48.6 Å². The van der Waals surface area contributed by atoms with Gasteiger partial charge in [-0.3, -0.25) is 4.79 Å². The number of aryl methyl sites for hydroxylation is 1. The van der Waals surface area contributed by atoms with Crippen LogP contribution in [0.25, 0.3) is 0 Å². The molecule has 0 atom stereocenters. The third-order valence-corrected chi connectivity index (χ3v) is 3.99. The molecular formula is C18H21ClN2O. The summed E-state index contributed by atoms with van der Waals surface area (Å²) in [6.45, 7) is 3.08. The third kappa shape index (κ3) is 3.25. The molecule has 2 aromatic carbocycles. The minimum absolute atomic E-state index is 0. The molecule has 0 bridgehead atoms. The molecule has 116 valence electrons. The second-order valence-corrected chi connectivity index (χ2v) is 5.33. The van der Waals surface area contributed by atoms with E-state index in [0.717, 1.165) is 53.9 Å². The van der Waals surface area contributed by atoms with Crippen molar-refractivity contribution < 1.29 is 4.79 Å². The van der Waals surface area contributed by atoms with E-state index in [-0.39, 0.29) is 18.3 Å². The van der Waals surface area contributed by atoms with Crippen LogP contribution in [0.2, 0.25) is 0 Å². The minimum Gasteiger partial charge on any atom is -0.385 e. The van der Waals surface area contributed by atoms with Gasteiger partial charge >= 0.3 is 0 Å². The molecule has 2 N–H and O–H groups in total. The number of hydrogen-bond donors (Lipinski definition) is 2. The smallest absolute Gasteiger partial charge is 0.256 e. The van der Waals surface area contributed by atoms with Crippen LogP contribution < -0.4 is 10.6 Å². The standard InChI is InChI=1S/C18H20N2O.ClH/c1-2-13-7-3-4-10-16(13)20-18(21)15-8-5-11-17-14(15)9-6-12-19-17;/h3-5,7-8,10-11,19H,2,6,9,12H2,1H3,(H,20,21);1H. The van der Waals surface area contributed by atoms with Gasteiger partial charge in [-0.1, -0.05) is 31.2 Å². The highest BCUT2D eigenvalue weighted by Crippen LogP contribution is 2.26. The van der Waals surface area contributed by atoms with Gasteiger partial charge in [0.05, 0.1) is 0 Å². The molecule has 0 spiro atoms. The van der Waals surface area contributed by atoms with E-state index >= 15 is 0 Å². The largest absolute Gasteiger partial charge is 0.385 e. The lowest BCUT2D eigenvalue weighted by molar-refractivity contribution is 0.102. The Balaban J connectivity index is 0.00000176. The zero-order valence-corrected chi connectivity index (χ0v) is 13.5. The Morgan fingerprint density at radius 1 is 1.18 bits per heavy atom. The molecule has 0 fully saturated rings. The van der Waals surface area contributed by atoms with Crippen LogP contribution in [0.4, 0.5) is 11.4 Å². The number of benzene rings is 2. The summed E-state index contributed by atoms with van der Waals surface area (Å²) in [5.41, 5.74) is 5.08. The number of carbonyl (C=O) groups excluding carboxylic acids is 1. The Kier molecular flexibility index (Phi) is 5.45. The fourth-order valence-corrected chi connectivity index (χ4v) is 2.86. The molecule has 1 aliphatic rings. The number of anilines is 2. The molecule has 0 aliphatic carbocycles. The summed E-state index contributed by atoms with van der Waals surface area (Å²) < 4.78 is 0. The number of hydrogen-bond acceptors (Lipinski definition) is 2. The molecule has 0 saturated heterocycles. The van der Waals surface area contributed by atoms with Crippen LogP contribution in [-0.2, 0) is 12.8 Å². The predicted octanol–water partition coefficient (Wildman–Crippen LogP) is 4.28. The molecule has 1 amide bonds. The van der Waals surface area contributed by atoms with E-state index in [2.05, 4.69) is 23.6 Å². The van der Waals surface area contributed by atoms with Crippen LogP contribution in [0.15, 0.2) is 42.5 Å². The van der Waals surface area contributed by atoms with Crippen LogP contribution in [0.3, 0.4) is 0 Å². The van der Waals surface area contributed by atoms with Crippen molar-refractivity contribution in [2.24, 2.45) is 0 Å². The van der Waals surface area contributed by atoms with Crippen molar-refractivity contribution in [3.63, 3.8) is 0 Å². The van der Waals surface area contributed by atoms with Gasteiger partial charge in [0.15, 0.2) is 0 Å². The minimum atomic E-state index is -0.0172. The highest BCUT2D eigenvalue weighted by atomic mass is 35.5. The van der Waals surface area contributed by atoms with Crippen LogP contribution in [0.1, 0.15) is 34.8 Å². The molecular weight excluding hydrogens is 296 g/mol. The van der Waals surface area contributed by atoms with E-state index in [0.29, 0.717) is 0 Å². The maximum atomic E-state index is 12.6. The van der Waals surface area contributed by atoms with Crippen molar-refractivity contribution in [3.05, 3.63) is 59.2 Å². The number of rotatable bonds is 3. The van der Waals surface area contributed by atoms with E-state index in [9.17, 15) is 4.79 Å². The summed E-state index contributed by atoms with van der Waals surface area (Å²) in [6.07, 6.45) is 2.94. The second kappa shape index (κ2) is 7.32. The van der Waals surface area contributed by atoms with E-state index in [1.54, 1.807) is 0 Å². The van der Waals surface area contributed by atoms with Crippen LogP contribution in [-0.4, -0.2) is 12.5 Å². The Bertz CT molecular complexity index is 670. The van der Waals surface area contributed by atoms with Gasteiger partial charge in [-0.25, -0.2) is 0 Å². The van der Waals surface area contributed by atoms with Gasteiger partial charge in [-0.2, -0.15) is 0 Å². The van der Waals surface area contributed by atoms with Gasteiger partial charge < -0.3 is 10.6 Å². The van der Waals surface area contributed by atoms with Gasteiger partial charge in [0.1, 0.15) is 0 Å². The first-order valence-corrected chi connectivity index (χ1v) is 7.54. The Morgan fingerprint density at radius 3 is 2.82 bits per heavy atom. The zero-order valence-electron chi connectivity index (χ0n) is 12.7. The average Bonchev–Trinajstić information content (AvgIpc) is 2.54. The lowest BCUT2D eigenvalue weighted by Gasteiger charge is -2.20. The topological polar surface area (TPSA) is 41.1 Å². The first-order valence-electron chi connectivity index (χ1n) is 7.54. The SMILES string of the molecule is CCc1ccccc1NC(=O)c1cccc2c1CCCN2.Cl. The first kappa shape index (κ1) is 16.4. The van der Waals surface area contributed by atoms with Crippen molar-refractivity contribution in [3.8, 4) is 0 Å². The number of amides is 1. The normalized spacial score (nSPS) is 12.6. The Labute approximate surface area is 137 Å². The van der Waals surface area contributed by atoms with Crippen LogP contribution >= 0.6 is 12.4 Å². The summed E-state index contributed by atoms with van der Waals surface area (Å²) >= 11 is 0. The zero-order chi connectivity index (χ0) is 14.7. The fourth-order valence-electron chi connectivity index (χ4n) is 2.86. The summed E-state index contributed by atoms with van der Waals surface area (Å²) in [5, 5.41) is 6.43. The molecule has 1 aliphatic heterocycles. The Morgan fingerprint density at radius 2 is 2.00 bits per heavy atom. The van der Waals surface area contributed by atoms with Crippen molar-refractivity contribution in [2.45, 2.75) is 26.2 Å². The summed E-state index contributed by atoms with van der Waals surface area (Å²) in [6, 6.07) is 13.9. The molecule has 3 rings (SSSR count). The van der Waals surface area contributed by atoms with Gasteiger partial charge in [0, 0.05) is 23.5 Å². The molecule has 1 heterocycles. The van der Waals surface area contributed by atoms with Crippen molar-refractivity contribution in [1.29, 1.82) is 0 Å². The fraction of sp³-hybridized carbons (Fsp3) is 0.278. The van der Waals surface area contributed by atoms with E-state index in [1.165, 1.54) is 0 Å². The van der Waals surface area contributed by atoms with Crippen molar-refractivity contribution in [2.75, 3.05) is 17.2 Å². The average molecular weight is 317 g/mol. The molecule has 3 nitrogen and oxygen atoms in total. The molecule has 22 heavy (non-hydrogen) atoms. The lowest BCUT2D eigenvalue weighted by Crippen LogP contribution is -2.19. The summed E-state index contributed by atoms with van der Waals surface area (Å²) in [5.74, 6) is -0.0172. The van der Waals surface area contributed by atoms with Crippen LogP contribution in [0.5, 0.6) is 0 Å². The maximum Gasteiger partial charge on any atom is 0.256 e. The van der Waals surface area contributed by atoms with E-state index in [4.69, 9.17) is 0 Å². The van der Waals surface area contributed by atoms with Crippen molar-refractivity contribution in [1.82, 2.24) is 0 Å². The number of fused-ring (bicyclic) bond motifs is 1. The molecule has 2 aromatic rings. The monoisotopic (exact) mass is 316 g/mol.